The van der Waals surface area contributed by atoms with Gasteiger partial charge in [0.1, 0.15) is 5.69 Å². The third-order valence-corrected chi connectivity index (χ3v) is 2.69. The third kappa shape index (κ3) is 4.31. The molecule has 0 bridgehead atoms. The van der Waals surface area contributed by atoms with Crippen molar-refractivity contribution in [3.63, 3.8) is 0 Å². The molecule has 0 aliphatic carbocycles. The first-order chi connectivity index (χ1) is 7.77. The molecule has 0 aliphatic heterocycles. The van der Waals surface area contributed by atoms with Crippen molar-refractivity contribution in [2.75, 3.05) is 0 Å². The van der Waals surface area contributed by atoms with E-state index in [-0.39, 0.29) is 51.4 Å². The summed E-state index contributed by atoms with van der Waals surface area (Å²) in [5, 5.41) is 0.430. The third-order valence-electron chi connectivity index (χ3n) is 1.86. The van der Waals surface area contributed by atoms with E-state index in [1.165, 1.54) is 0 Å². The van der Waals surface area contributed by atoms with E-state index in [1.807, 2.05) is 12.1 Å². The summed E-state index contributed by atoms with van der Waals surface area (Å²) in [5.41, 5.74) is 1.37. The molecule has 2 aromatic rings. The summed E-state index contributed by atoms with van der Waals surface area (Å²) in [4.78, 5) is 8.54. The van der Waals surface area contributed by atoms with Crippen LogP contribution < -0.4 is 51.4 Å². The smallest absolute Gasteiger partial charge is 0.778 e. The van der Waals surface area contributed by atoms with Gasteiger partial charge in [-0.25, -0.2) is 4.98 Å². The predicted molar refractivity (Wildman–Crippen MR) is 65.1 cm³/mol. The summed E-state index contributed by atoms with van der Waals surface area (Å²) in [5.74, 6) is 5.83. The molecule has 0 fully saturated rings. The topological polar surface area (TPSA) is 25.8 Å². The van der Waals surface area contributed by atoms with Gasteiger partial charge in [-0.15, -0.1) is 0 Å². The Hall–Kier alpha value is 0.00636. The molecule has 0 atom stereocenters. The van der Waals surface area contributed by atoms with Crippen molar-refractivity contribution in [3.05, 3.63) is 53.1 Å². The molecule has 0 radical (unpaired) electrons. The zero-order valence-corrected chi connectivity index (χ0v) is 13.8. The normalized spacial score (nSPS) is 8.76. The maximum atomic E-state index is 5.98. The van der Waals surface area contributed by atoms with Gasteiger partial charge in [-0.1, -0.05) is 23.6 Å². The van der Waals surface area contributed by atoms with E-state index in [0.717, 1.165) is 5.56 Å². The van der Waals surface area contributed by atoms with Crippen LogP contribution in [0, 0.1) is 11.8 Å². The summed E-state index contributed by atoms with van der Waals surface area (Å²) in [7, 11) is 0. The van der Waals surface area contributed by atoms with Gasteiger partial charge in [-0.3, -0.25) is 4.98 Å². The molecule has 0 aromatic carbocycles. The number of hydrogen-bond acceptors (Lipinski definition) is 3. The number of hydrogen-bond donors (Lipinski definition) is 0. The molecule has 5 heteroatoms. The van der Waals surface area contributed by atoms with Crippen molar-refractivity contribution in [1.29, 1.82) is 0 Å². The molecule has 2 nitrogen and oxygen atoms in total. The van der Waals surface area contributed by atoms with Gasteiger partial charge in [0.2, 0.25) is 0 Å². The molecule has 0 aliphatic rings. The van der Waals surface area contributed by atoms with Gasteiger partial charge in [-0.05, 0) is 18.1 Å². The van der Waals surface area contributed by atoms with Crippen LogP contribution in [-0.2, 0) is 12.6 Å². The number of nitrogens with zero attached hydrogens (tertiary/aromatic N) is 2. The molecule has 78 valence electrons. The van der Waals surface area contributed by atoms with E-state index in [2.05, 4.69) is 21.8 Å². The monoisotopic (exact) mass is 284 g/mol. The average Bonchev–Trinajstić information content (AvgIpc) is 2.32. The molecule has 0 N–H and O–H groups in total. The molecule has 0 saturated heterocycles. The largest absolute Gasteiger partial charge is 1.00 e. The quantitative estimate of drug-likeness (QED) is 0.369. The van der Waals surface area contributed by atoms with E-state index in [4.69, 9.17) is 24.2 Å². The van der Waals surface area contributed by atoms with Crippen LogP contribution in [0.4, 0.5) is 0 Å². The molecule has 2 heterocycles. The van der Waals surface area contributed by atoms with Gasteiger partial charge in [0.15, 0.2) is 0 Å². The summed E-state index contributed by atoms with van der Waals surface area (Å²) in [6, 6.07) is 5.31. The molecule has 17 heavy (non-hydrogen) atoms. The van der Waals surface area contributed by atoms with Gasteiger partial charge in [0, 0.05) is 24.2 Å². The maximum absolute atomic E-state index is 5.98. The van der Waals surface area contributed by atoms with Crippen LogP contribution in [0.1, 0.15) is 11.3 Å². The number of aromatic nitrogens is 2. The second-order valence-corrected chi connectivity index (χ2v) is 3.78. The van der Waals surface area contributed by atoms with Crippen LogP contribution in [0.2, 0.25) is 5.02 Å². The van der Waals surface area contributed by atoms with E-state index in [0.29, 0.717) is 15.6 Å². The fourth-order valence-electron chi connectivity index (χ4n) is 1.08. The summed E-state index contributed by atoms with van der Waals surface area (Å²) in [6.07, 6.45) is 4.97. The summed E-state index contributed by atoms with van der Waals surface area (Å²) >= 11 is 11.0. The van der Waals surface area contributed by atoms with Crippen LogP contribution in [0.5, 0.6) is 0 Å². The standard InChI is InChI=1S/C12H7ClN2S.K/c13-12-10(15-8-5-11(12)16)2-1-9-3-6-14-7-4-9;/h3-8H,(H,15,16);/q;+1/p-1. The van der Waals surface area contributed by atoms with Gasteiger partial charge in [-0.2, -0.15) is 4.90 Å². The maximum Gasteiger partial charge on any atom is 1.00 e. The first kappa shape index (κ1) is 15.1. The van der Waals surface area contributed by atoms with Crippen molar-refractivity contribution >= 4 is 24.2 Å². The molecule has 0 unspecified atom stereocenters. The Balaban J connectivity index is 0.00000144. The Morgan fingerprint density at radius 2 is 1.76 bits per heavy atom. The Morgan fingerprint density at radius 1 is 1.06 bits per heavy atom. The Bertz CT molecular complexity index is 564. The van der Waals surface area contributed by atoms with Crippen molar-refractivity contribution in [1.82, 2.24) is 9.97 Å². The van der Waals surface area contributed by atoms with Crippen LogP contribution >= 0.6 is 11.6 Å². The Labute approximate surface area is 153 Å². The Kier molecular flexibility index (Phi) is 6.60. The second kappa shape index (κ2) is 7.44. The van der Waals surface area contributed by atoms with Crippen LogP contribution in [-0.4, -0.2) is 9.97 Å². The molecular formula is C12H6ClKN2S. The van der Waals surface area contributed by atoms with Gasteiger partial charge >= 0.3 is 51.4 Å². The fourth-order valence-corrected chi connectivity index (χ4v) is 1.40. The zero-order chi connectivity index (χ0) is 11.4. The van der Waals surface area contributed by atoms with Crippen LogP contribution in [0.25, 0.3) is 0 Å². The molecule has 0 amide bonds. The van der Waals surface area contributed by atoms with Gasteiger partial charge < -0.3 is 12.6 Å². The summed E-state index contributed by atoms with van der Waals surface area (Å²) < 4.78 is 0. The van der Waals surface area contributed by atoms with Crippen molar-refractivity contribution < 1.29 is 51.4 Å². The van der Waals surface area contributed by atoms with E-state index >= 15 is 0 Å². The number of halogens is 1. The fraction of sp³-hybridized carbons (Fsp3) is 0. The van der Waals surface area contributed by atoms with Crippen LogP contribution in [0.3, 0.4) is 0 Å². The summed E-state index contributed by atoms with van der Waals surface area (Å²) in [6.45, 7) is 0. The van der Waals surface area contributed by atoms with E-state index < -0.39 is 0 Å². The predicted octanol–water partition coefficient (Wildman–Crippen LogP) is -0.560. The Morgan fingerprint density at radius 3 is 2.47 bits per heavy atom. The van der Waals surface area contributed by atoms with E-state index in [1.54, 1.807) is 24.7 Å². The minimum Gasteiger partial charge on any atom is -0.778 e. The molecular weight excluding hydrogens is 279 g/mol. The first-order valence-corrected chi connectivity index (χ1v) is 5.29. The average molecular weight is 285 g/mol. The van der Waals surface area contributed by atoms with E-state index in [9.17, 15) is 0 Å². The van der Waals surface area contributed by atoms with Gasteiger partial charge in [0.05, 0.1) is 5.02 Å². The second-order valence-electron chi connectivity index (χ2n) is 2.96. The van der Waals surface area contributed by atoms with Crippen molar-refractivity contribution in [2.45, 2.75) is 4.90 Å². The van der Waals surface area contributed by atoms with Crippen LogP contribution in [0.15, 0.2) is 41.7 Å². The molecule has 2 rings (SSSR count). The minimum absolute atomic E-state index is 0. The minimum atomic E-state index is 0. The molecule has 2 aromatic heterocycles. The molecule has 0 spiro atoms. The van der Waals surface area contributed by atoms with Crippen molar-refractivity contribution in [3.8, 4) is 11.8 Å². The molecule has 0 saturated carbocycles. The van der Waals surface area contributed by atoms with Gasteiger partial charge in [0.25, 0.3) is 0 Å². The first-order valence-electron chi connectivity index (χ1n) is 4.51. The zero-order valence-electron chi connectivity index (χ0n) is 9.14. The van der Waals surface area contributed by atoms with Crippen molar-refractivity contribution in [2.24, 2.45) is 0 Å². The SMILES string of the molecule is [K+].[S-]c1ccnc(C#Cc2ccncc2)c1Cl. The number of rotatable bonds is 0. The number of pyridine rings is 2.